The number of rotatable bonds is 4. The maximum Gasteiger partial charge on any atom is 0.251 e. The smallest absolute Gasteiger partial charge is 0.251 e. The summed E-state index contributed by atoms with van der Waals surface area (Å²) in [5.74, 6) is -1.22. The summed E-state index contributed by atoms with van der Waals surface area (Å²) in [5, 5.41) is 2.90. The highest BCUT2D eigenvalue weighted by atomic mass is 32.1. The zero-order valence-electron chi connectivity index (χ0n) is 15.0. The van der Waals surface area contributed by atoms with Gasteiger partial charge in [-0.3, -0.25) is 4.79 Å². The van der Waals surface area contributed by atoms with Gasteiger partial charge in [0.1, 0.15) is 11.6 Å². The number of nitrogens with zero attached hydrogens (tertiary/aromatic N) is 1. The van der Waals surface area contributed by atoms with Gasteiger partial charge in [-0.15, -0.1) is 0 Å². The number of aromatic nitrogens is 2. The molecule has 0 saturated carbocycles. The molecule has 1 atom stereocenters. The lowest BCUT2D eigenvalue weighted by Gasteiger charge is -2.27. The molecule has 144 valence electrons. The highest BCUT2D eigenvalue weighted by molar-refractivity contribution is 7.71. The summed E-state index contributed by atoms with van der Waals surface area (Å²) in [4.78, 5) is 15.3. The van der Waals surface area contributed by atoms with Gasteiger partial charge in [0.15, 0.2) is 4.77 Å². The molecule has 1 amide bonds. The summed E-state index contributed by atoms with van der Waals surface area (Å²) in [6.07, 6.45) is 3.49. The molecule has 0 bridgehead atoms. The summed E-state index contributed by atoms with van der Waals surface area (Å²) in [5.41, 5.74) is 2.68. The van der Waals surface area contributed by atoms with Crippen LogP contribution in [0.3, 0.4) is 0 Å². The van der Waals surface area contributed by atoms with E-state index in [9.17, 15) is 13.6 Å². The second kappa shape index (κ2) is 7.67. The van der Waals surface area contributed by atoms with Gasteiger partial charge in [-0.2, -0.15) is 0 Å². The Morgan fingerprint density at radius 3 is 2.82 bits per heavy atom. The quantitative estimate of drug-likeness (QED) is 0.636. The second-order valence-corrected chi connectivity index (χ2v) is 7.31. The van der Waals surface area contributed by atoms with E-state index in [4.69, 9.17) is 12.2 Å². The Kier molecular flexibility index (Phi) is 5.09. The number of H-pyrrole nitrogens is 1. The van der Waals surface area contributed by atoms with Crippen LogP contribution in [0, 0.1) is 16.4 Å². The normalized spacial score (nSPS) is 15.9. The van der Waals surface area contributed by atoms with E-state index in [1.54, 1.807) is 18.3 Å². The van der Waals surface area contributed by atoms with Crippen LogP contribution in [0.1, 0.15) is 39.6 Å². The van der Waals surface area contributed by atoms with E-state index in [1.165, 1.54) is 6.07 Å². The fourth-order valence-corrected chi connectivity index (χ4v) is 4.14. The molecular weight excluding hydrogens is 380 g/mol. The Morgan fingerprint density at radius 2 is 2.04 bits per heavy atom. The molecule has 2 aromatic carbocycles. The van der Waals surface area contributed by atoms with Gasteiger partial charge in [0.25, 0.3) is 5.91 Å². The third-order valence-corrected chi connectivity index (χ3v) is 5.47. The molecule has 1 aromatic heterocycles. The fourth-order valence-electron chi connectivity index (χ4n) is 3.82. The van der Waals surface area contributed by atoms with E-state index in [-0.39, 0.29) is 11.9 Å². The average molecular weight is 399 g/mol. The Hall–Kier alpha value is -2.80. The Morgan fingerprint density at radius 1 is 1.25 bits per heavy atom. The predicted molar refractivity (Wildman–Crippen MR) is 105 cm³/mol. The molecule has 0 unspecified atom stereocenters. The lowest BCUT2D eigenvalue weighted by molar-refractivity contribution is 0.0949. The first-order valence-electron chi connectivity index (χ1n) is 9.12. The third-order valence-electron chi connectivity index (χ3n) is 5.16. The number of aromatic amines is 1. The molecule has 0 spiro atoms. The summed E-state index contributed by atoms with van der Waals surface area (Å²) >= 11 is 5.42. The molecule has 1 aliphatic rings. The van der Waals surface area contributed by atoms with Crippen LogP contribution in [0.4, 0.5) is 8.78 Å². The maximum atomic E-state index is 14.0. The summed E-state index contributed by atoms with van der Waals surface area (Å²) in [6.45, 7) is 0.307. The number of fused-ring (bicyclic) bond motifs is 1. The first-order valence-corrected chi connectivity index (χ1v) is 9.52. The van der Waals surface area contributed by atoms with Gasteiger partial charge in [0, 0.05) is 23.9 Å². The zero-order valence-corrected chi connectivity index (χ0v) is 15.9. The van der Waals surface area contributed by atoms with Gasteiger partial charge in [0.05, 0.1) is 12.2 Å². The Bertz CT molecular complexity index is 1070. The standard InChI is InChI=1S/C21H19F2N3OS/c22-15-8-14-9-16(6-7-18(14)19(23)10-15)26-17(12-25-21(26)28)11-24-20(27)13-4-2-1-3-5-13/h1-5,8,10,12,16H,6-7,9,11H2,(H,24,27)(H,25,28)/t16-/m0/s1. The number of amides is 1. The third kappa shape index (κ3) is 3.62. The molecule has 1 heterocycles. The first kappa shape index (κ1) is 18.6. The van der Waals surface area contributed by atoms with Crippen LogP contribution in [-0.4, -0.2) is 15.5 Å². The SMILES string of the molecule is O=C(NCc1c[nH]c(=S)n1[C@H]1CCc2c(F)cc(F)cc2C1)c1ccccc1. The van der Waals surface area contributed by atoms with Crippen LogP contribution < -0.4 is 5.32 Å². The van der Waals surface area contributed by atoms with E-state index in [0.29, 0.717) is 47.3 Å². The van der Waals surface area contributed by atoms with Crippen LogP contribution in [0.25, 0.3) is 0 Å². The van der Waals surface area contributed by atoms with Crippen molar-refractivity contribution in [3.05, 3.63) is 87.5 Å². The van der Waals surface area contributed by atoms with Crippen molar-refractivity contribution < 1.29 is 13.6 Å². The number of hydrogen-bond acceptors (Lipinski definition) is 2. The van der Waals surface area contributed by atoms with Crippen molar-refractivity contribution in [2.75, 3.05) is 0 Å². The van der Waals surface area contributed by atoms with Crippen LogP contribution in [0.15, 0.2) is 48.7 Å². The van der Waals surface area contributed by atoms with E-state index >= 15 is 0 Å². The van der Waals surface area contributed by atoms with Gasteiger partial charge in [0.2, 0.25) is 0 Å². The molecule has 1 aliphatic carbocycles. The second-order valence-electron chi connectivity index (χ2n) is 6.93. The number of benzene rings is 2. The van der Waals surface area contributed by atoms with Gasteiger partial charge < -0.3 is 14.9 Å². The van der Waals surface area contributed by atoms with E-state index in [2.05, 4.69) is 10.3 Å². The van der Waals surface area contributed by atoms with Gasteiger partial charge in [-0.05, 0) is 60.8 Å². The van der Waals surface area contributed by atoms with E-state index in [0.717, 1.165) is 11.8 Å². The number of hydrogen-bond donors (Lipinski definition) is 2. The molecule has 0 saturated heterocycles. The average Bonchev–Trinajstić information content (AvgIpc) is 3.06. The minimum atomic E-state index is -0.565. The lowest BCUT2D eigenvalue weighted by atomic mass is 9.87. The highest BCUT2D eigenvalue weighted by Crippen LogP contribution is 2.32. The number of carbonyl (C=O) groups is 1. The van der Waals surface area contributed by atoms with Crippen LogP contribution >= 0.6 is 12.2 Å². The summed E-state index contributed by atoms with van der Waals surface area (Å²) < 4.78 is 30.1. The fraction of sp³-hybridized carbons (Fsp3) is 0.238. The van der Waals surface area contributed by atoms with Crippen molar-refractivity contribution in [2.24, 2.45) is 0 Å². The number of carbonyl (C=O) groups excluding carboxylic acids is 1. The van der Waals surface area contributed by atoms with Crippen molar-refractivity contribution in [3.63, 3.8) is 0 Å². The molecule has 4 rings (SSSR count). The van der Waals surface area contributed by atoms with Crippen LogP contribution in [0.5, 0.6) is 0 Å². The maximum absolute atomic E-state index is 14.0. The van der Waals surface area contributed by atoms with E-state index in [1.807, 2.05) is 22.8 Å². The molecule has 2 N–H and O–H groups in total. The summed E-state index contributed by atoms with van der Waals surface area (Å²) in [6, 6.07) is 11.3. The molecule has 0 radical (unpaired) electrons. The van der Waals surface area contributed by atoms with Crippen molar-refractivity contribution in [1.82, 2.24) is 14.9 Å². The lowest BCUT2D eigenvalue weighted by Crippen LogP contribution is -2.27. The highest BCUT2D eigenvalue weighted by Gasteiger charge is 2.25. The first-order chi connectivity index (χ1) is 13.5. The van der Waals surface area contributed by atoms with Crippen molar-refractivity contribution in [1.29, 1.82) is 0 Å². The van der Waals surface area contributed by atoms with Crippen LogP contribution in [0.2, 0.25) is 0 Å². The minimum absolute atomic E-state index is 0.0175. The van der Waals surface area contributed by atoms with E-state index < -0.39 is 11.6 Å². The topological polar surface area (TPSA) is 49.8 Å². The Labute approximate surface area is 166 Å². The molecule has 28 heavy (non-hydrogen) atoms. The zero-order chi connectivity index (χ0) is 19.7. The van der Waals surface area contributed by atoms with Gasteiger partial charge in [-0.1, -0.05) is 18.2 Å². The largest absolute Gasteiger partial charge is 0.346 e. The minimum Gasteiger partial charge on any atom is -0.346 e. The Balaban J connectivity index is 1.54. The summed E-state index contributed by atoms with van der Waals surface area (Å²) in [7, 11) is 0. The molecule has 0 fully saturated rings. The molecule has 0 aliphatic heterocycles. The predicted octanol–water partition coefficient (Wildman–Crippen LogP) is 4.48. The molecule has 7 heteroatoms. The number of halogens is 2. The molecule has 3 aromatic rings. The number of imidazole rings is 1. The van der Waals surface area contributed by atoms with Crippen LogP contribution in [-0.2, 0) is 19.4 Å². The monoisotopic (exact) mass is 399 g/mol. The molecular formula is C21H19F2N3OS. The van der Waals surface area contributed by atoms with Crippen molar-refractivity contribution in [3.8, 4) is 0 Å². The molecule has 4 nitrogen and oxygen atoms in total. The van der Waals surface area contributed by atoms with Crippen molar-refractivity contribution >= 4 is 18.1 Å². The van der Waals surface area contributed by atoms with Gasteiger partial charge >= 0.3 is 0 Å². The number of nitrogens with one attached hydrogen (secondary N) is 2. The van der Waals surface area contributed by atoms with Gasteiger partial charge in [-0.25, -0.2) is 8.78 Å². The van der Waals surface area contributed by atoms with Crippen molar-refractivity contribution in [2.45, 2.75) is 31.8 Å².